The zero-order valence-corrected chi connectivity index (χ0v) is 14.3. The molecule has 0 fully saturated rings. The lowest BCUT2D eigenvalue weighted by Gasteiger charge is -2.07. The number of hydrogen-bond donors (Lipinski definition) is 2. The second kappa shape index (κ2) is 7.02. The lowest BCUT2D eigenvalue weighted by atomic mass is 10.0. The fourth-order valence-electron chi connectivity index (χ4n) is 2.83. The van der Waals surface area contributed by atoms with Gasteiger partial charge < -0.3 is 9.73 Å². The summed E-state index contributed by atoms with van der Waals surface area (Å²) >= 11 is 1.56. The molecule has 3 aromatic rings. The van der Waals surface area contributed by atoms with Gasteiger partial charge in [-0.15, -0.1) is 11.3 Å². The zero-order chi connectivity index (χ0) is 17.1. The van der Waals surface area contributed by atoms with Crippen molar-refractivity contribution in [2.24, 2.45) is 0 Å². The second-order valence-electron chi connectivity index (χ2n) is 5.73. The Kier molecular flexibility index (Phi) is 4.43. The average molecular weight is 355 g/mol. The predicted molar refractivity (Wildman–Crippen MR) is 94.3 cm³/mol. The number of nitrogens with zero attached hydrogens (tertiary/aromatic N) is 3. The molecule has 4 rings (SSSR count). The van der Waals surface area contributed by atoms with Crippen molar-refractivity contribution in [1.29, 1.82) is 0 Å². The van der Waals surface area contributed by atoms with Gasteiger partial charge in [-0.05, 0) is 37.8 Å². The smallest absolute Gasteiger partial charge is 0.321 e. The molecular weight excluding hydrogens is 338 g/mol. The van der Waals surface area contributed by atoms with Crippen LogP contribution in [0.2, 0.25) is 0 Å². The summed E-state index contributed by atoms with van der Waals surface area (Å²) in [5.41, 5.74) is 2.39. The quantitative estimate of drug-likeness (QED) is 0.748. The molecule has 0 bridgehead atoms. The molecule has 8 heteroatoms. The van der Waals surface area contributed by atoms with E-state index in [-0.39, 0.29) is 12.6 Å². The average Bonchev–Trinajstić information content (AvgIpc) is 3.29. The standard InChI is InChI=1S/C17H17N5O2S/c23-16(22-17-21-11-4-1-2-6-14(11)25-17)20-10-12-15(19-8-7-18-12)13-5-3-9-24-13/h3,5,7-9H,1-2,4,6,10H2,(H2,20,21,22,23). The number of carbonyl (C=O) groups excluding carboxylic acids is 1. The highest BCUT2D eigenvalue weighted by Crippen LogP contribution is 2.29. The van der Waals surface area contributed by atoms with E-state index < -0.39 is 0 Å². The van der Waals surface area contributed by atoms with Crippen molar-refractivity contribution in [3.8, 4) is 11.5 Å². The van der Waals surface area contributed by atoms with Crippen LogP contribution in [0, 0.1) is 0 Å². The van der Waals surface area contributed by atoms with Crippen LogP contribution in [-0.2, 0) is 19.4 Å². The van der Waals surface area contributed by atoms with Crippen LogP contribution < -0.4 is 10.6 Å². The van der Waals surface area contributed by atoms with E-state index in [2.05, 4.69) is 25.6 Å². The molecule has 7 nitrogen and oxygen atoms in total. The summed E-state index contributed by atoms with van der Waals surface area (Å²) < 4.78 is 5.37. The lowest BCUT2D eigenvalue weighted by Crippen LogP contribution is -2.28. The van der Waals surface area contributed by atoms with Gasteiger partial charge in [0.05, 0.1) is 24.2 Å². The molecule has 1 aliphatic rings. The Hall–Kier alpha value is -2.74. The maximum atomic E-state index is 12.2. The Morgan fingerprint density at radius 1 is 1.24 bits per heavy atom. The first kappa shape index (κ1) is 15.8. The molecule has 3 heterocycles. The number of anilines is 1. The molecule has 2 amide bonds. The van der Waals surface area contributed by atoms with Crippen molar-refractivity contribution in [2.75, 3.05) is 5.32 Å². The van der Waals surface area contributed by atoms with Gasteiger partial charge in [0.15, 0.2) is 10.9 Å². The molecule has 0 radical (unpaired) electrons. The monoisotopic (exact) mass is 355 g/mol. The molecule has 0 atom stereocenters. The number of urea groups is 1. The molecule has 1 aliphatic carbocycles. The Bertz CT molecular complexity index is 852. The highest BCUT2D eigenvalue weighted by Gasteiger charge is 2.17. The van der Waals surface area contributed by atoms with E-state index in [1.54, 1.807) is 36.1 Å². The molecule has 128 valence electrons. The normalized spacial score (nSPS) is 13.3. The maximum absolute atomic E-state index is 12.2. The number of nitrogens with one attached hydrogen (secondary N) is 2. The molecule has 0 aromatic carbocycles. The molecule has 2 N–H and O–H groups in total. The third-order valence-corrected chi connectivity index (χ3v) is 5.08. The topological polar surface area (TPSA) is 92.9 Å². The van der Waals surface area contributed by atoms with Gasteiger partial charge in [-0.2, -0.15) is 0 Å². The van der Waals surface area contributed by atoms with Gasteiger partial charge in [-0.1, -0.05) is 0 Å². The number of amides is 2. The van der Waals surface area contributed by atoms with Gasteiger partial charge in [-0.3, -0.25) is 10.3 Å². The molecule has 0 spiro atoms. The summed E-state index contributed by atoms with van der Waals surface area (Å²) in [5, 5.41) is 6.26. The fourth-order valence-corrected chi connectivity index (χ4v) is 3.87. The first-order valence-corrected chi connectivity index (χ1v) is 8.98. The van der Waals surface area contributed by atoms with Gasteiger partial charge in [0.2, 0.25) is 0 Å². The second-order valence-corrected chi connectivity index (χ2v) is 6.82. The molecule has 0 unspecified atom stereocenters. The van der Waals surface area contributed by atoms with Gasteiger partial charge in [-0.25, -0.2) is 14.8 Å². The molecule has 25 heavy (non-hydrogen) atoms. The summed E-state index contributed by atoms with van der Waals surface area (Å²) in [7, 11) is 0. The van der Waals surface area contributed by atoms with Crippen molar-refractivity contribution in [2.45, 2.75) is 32.2 Å². The third-order valence-electron chi connectivity index (χ3n) is 4.01. The lowest BCUT2D eigenvalue weighted by molar-refractivity contribution is 0.251. The van der Waals surface area contributed by atoms with Gasteiger partial charge >= 0.3 is 6.03 Å². The van der Waals surface area contributed by atoms with E-state index >= 15 is 0 Å². The van der Waals surface area contributed by atoms with Gasteiger partial charge in [0.25, 0.3) is 0 Å². The Morgan fingerprint density at radius 3 is 2.96 bits per heavy atom. The van der Waals surface area contributed by atoms with Crippen molar-refractivity contribution in [1.82, 2.24) is 20.3 Å². The Balaban J connectivity index is 1.40. The van der Waals surface area contributed by atoms with E-state index in [0.717, 1.165) is 18.5 Å². The minimum atomic E-state index is -0.304. The summed E-state index contributed by atoms with van der Waals surface area (Å²) in [5.74, 6) is 0.623. The number of rotatable bonds is 4. The first-order chi connectivity index (χ1) is 12.3. The fraction of sp³-hybridized carbons (Fsp3) is 0.294. The molecular formula is C17H17N5O2S. The number of carbonyl (C=O) groups is 1. The Labute approximate surface area is 148 Å². The first-order valence-electron chi connectivity index (χ1n) is 8.17. The SMILES string of the molecule is O=C(NCc1nccnc1-c1ccco1)Nc1nc2c(s1)CCCC2. The number of hydrogen-bond acceptors (Lipinski definition) is 6. The highest BCUT2D eigenvalue weighted by molar-refractivity contribution is 7.15. The van der Waals surface area contributed by atoms with Crippen molar-refractivity contribution in [3.05, 3.63) is 47.1 Å². The summed E-state index contributed by atoms with van der Waals surface area (Å²) in [6.07, 6.45) is 9.20. The summed E-state index contributed by atoms with van der Waals surface area (Å²) in [6, 6.07) is 3.30. The highest BCUT2D eigenvalue weighted by atomic mass is 32.1. The number of aryl methyl sites for hydroxylation is 2. The molecule has 0 aliphatic heterocycles. The molecule has 3 aromatic heterocycles. The number of aromatic nitrogens is 3. The van der Waals surface area contributed by atoms with E-state index in [0.29, 0.717) is 22.3 Å². The minimum Gasteiger partial charge on any atom is -0.463 e. The van der Waals surface area contributed by atoms with Crippen LogP contribution in [0.5, 0.6) is 0 Å². The van der Waals surface area contributed by atoms with E-state index in [9.17, 15) is 4.79 Å². The Morgan fingerprint density at radius 2 is 2.12 bits per heavy atom. The van der Waals surface area contributed by atoms with Crippen LogP contribution in [0.25, 0.3) is 11.5 Å². The molecule has 0 saturated heterocycles. The van der Waals surface area contributed by atoms with Crippen molar-refractivity contribution < 1.29 is 9.21 Å². The van der Waals surface area contributed by atoms with E-state index in [4.69, 9.17) is 4.42 Å². The van der Waals surface area contributed by atoms with Crippen LogP contribution in [-0.4, -0.2) is 21.0 Å². The summed E-state index contributed by atoms with van der Waals surface area (Å²) in [4.78, 5) is 26.5. The zero-order valence-electron chi connectivity index (χ0n) is 13.5. The van der Waals surface area contributed by atoms with Gasteiger partial charge in [0.1, 0.15) is 5.69 Å². The maximum Gasteiger partial charge on any atom is 0.321 e. The number of fused-ring (bicyclic) bond motifs is 1. The third kappa shape index (κ3) is 3.53. The van der Waals surface area contributed by atoms with E-state index in [1.165, 1.54) is 17.7 Å². The van der Waals surface area contributed by atoms with Crippen molar-refractivity contribution in [3.63, 3.8) is 0 Å². The number of thiazole rings is 1. The predicted octanol–water partition coefficient (Wildman–Crippen LogP) is 3.39. The number of furan rings is 1. The summed E-state index contributed by atoms with van der Waals surface area (Å²) in [6.45, 7) is 0.251. The largest absolute Gasteiger partial charge is 0.463 e. The van der Waals surface area contributed by atoms with Gasteiger partial charge in [0, 0.05) is 17.3 Å². The minimum absolute atomic E-state index is 0.251. The van der Waals surface area contributed by atoms with E-state index in [1.807, 2.05) is 6.07 Å². The van der Waals surface area contributed by atoms with Crippen LogP contribution >= 0.6 is 11.3 Å². The molecule has 0 saturated carbocycles. The van der Waals surface area contributed by atoms with Crippen LogP contribution in [0.3, 0.4) is 0 Å². The van der Waals surface area contributed by atoms with Crippen LogP contribution in [0.15, 0.2) is 35.2 Å². The van der Waals surface area contributed by atoms with Crippen molar-refractivity contribution >= 4 is 22.5 Å². The van der Waals surface area contributed by atoms with Crippen LogP contribution in [0.1, 0.15) is 29.1 Å². The van der Waals surface area contributed by atoms with Crippen LogP contribution in [0.4, 0.5) is 9.93 Å².